The average Bonchev–Trinajstić information content (AvgIpc) is 2.28. The van der Waals surface area contributed by atoms with Crippen LogP contribution in [0.5, 0.6) is 0 Å². The lowest BCUT2D eigenvalue weighted by Crippen LogP contribution is -2.42. The third-order valence-corrected chi connectivity index (χ3v) is 2.54. The van der Waals surface area contributed by atoms with E-state index in [1.54, 1.807) is 11.9 Å². The summed E-state index contributed by atoms with van der Waals surface area (Å²) in [7, 11) is 1.77. The molecule has 3 heteroatoms. The number of rotatable bonds is 3. The molecular formula is C12H18N2O. The number of anilines is 1. The van der Waals surface area contributed by atoms with Crippen molar-refractivity contribution < 1.29 is 4.79 Å². The Morgan fingerprint density at radius 3 is 2.33 bits per heavy atom. The van der Waals surface area contributed by atoms with Crippen LogP contribution in [0.3, 0.4) is 0 Å². The van der Waals surface area contributed by atoms with Crippen molar-refractivity contribution in [2.24, 2.45) is 11.1 Å². The van der Waals surface area contributed by atoms with E-state index >= 15 is 0 Å². The van der Waals surface area contributed by atoms with E-state index in [-0.39, 0.29) is 5.91 Å². The molecule has 0 aliphatic heterocycles. The van der Waals surface area contributed by atoms with Gasteiger partial charge in [-0.1, -0.05) is 18.2 Å². The van der Waals surface area contributed by atoms with Gasteiger partial charge in [-0.05, 0) is 26.0 Å². The Hall–Kier alpha value is -1.35. The van der Waals surface area contributed by atoms with E-state index in [2.05, 4.69) is 0 Å². The third kappa shape index (κ3) is 2.57. The number of benzene rings is 1. The second kappa shape index (κ2) is 4.45. The van der Waals surface area contributed by atoms with Crippen LogP contribution in [0.25, 0.3) is 0 Å². The molecule has 1 rings (SSSR count). The second-order valence-electron chi connectivity index (χ2n) is 4.29. The molecule has 0 radical (unpaired) electrons. The van der Waals surface area contributed by atoms with Crippen molar-refractivity contribution in [3.63, 3.8) is 0 Å². The molecule has 82 valence electrons. The molecule has 1 amide bonds. The fourth-order valence-electron chi connectivity index (χ4n) is 1.31. The minimum Gasteiger partial charge on any atom is -0.329 e. The summed E-state index contributed by atoms with van der Waals surface area (Å²) in [5, 5.41) is 0. The van der Waals surface area contributed by atoms with Gasteiger partial charge in [0.15, 0.2) is 0 Å². The van der Waals surface area contributed by atoms with Crippen LogP contribution in [0.4, 0.5) is 5.69 Å². The van der Waals surface area contributed by atoms with Crippen molar-refractivity contribution in [2.75, 3.05) is 18.5 Å². The predicted octanol–water partition coefficient (Wildman–Crippen LogP) is 1.63. The zero-order chi connectivity index (χ0) is 11.5. The normalized spacial score (nSPS) is 11.2. The molecule has 0 aliphatic rings. The van der Waals surface area contributed by atoms with Crippen LogP contribution in [-0.2, 0) is 4.79 Å². The van der Waals surface area contributed by atoms with Crippen molar-refractivity contribution in [1.82, 2.24) is 0 Å². The van der Waals surface area contributed by atoms with Crippen molar-refractivity contribution in [1.29, 1.82) is 0 Å². The van der Waals surface area contributed by atoms with Crippen LogP contribution >= 0.6 is 0 Å². The number of nitrogens with zero attached hydrogens (tertiary/aromatic N) is 1. The van der Waals surface area contributed by atoms with Crippen LogP contribution in [0.2, 0.25) is 0 Å². The highest BCUT2D eigenvalue weighted by Crippen LogP contribution is 2.21. The molecular weight excluding hydrogens is 188 g/mol. The maximum Gasteiger partial charge on any atom is 0.233 e. The van der Waals surface area contributed by atoms with Gasteiger partial charge in [-0.25, -0.2) is 0 Å². The summed E-state index contributed by atoms with van der Waals surface area (Å²) in [5.41, 5.74) is 5.96. The molecule has 0 spiro atoms. The van der Waals surface area contributed by atoms with Gasteiger partial charge >= 0.3 is 0 Å². The monoisotopic (exact) mass is 206 g/mol. The van der Waals surface area contributed by atoms with Gasteiger partial charge in [0, 0.05) is 19.3 Å². The van der Waals surface area contributed by atoms with Crippen molar-refractivity contribution in [3.05, 3.63) is 30.3 Å². The molecule has 0 fully saturated rings. The Bertz CT molecular complexity index is 333. The smallest absolute Gasteiger partial charge is 0.233 e. The highest BCUT2D eigenvalue weighted by Gasteiger charge is 2.29. The molecule has 0 aromatic heterocycles. The molecule has 0 unspecified atom stereocenters. The summed E-state index contributed by atoms with van der Waals surface area (Å²) in [5.74, 6) is 0.0381. The number of carbonyl (C=O) groups is 1. The van der Waals surface area contributed by atoms with Crippen molar-refractivity contribution in [2.45, 2.75) is 13.8 Å². The van der Waals surface area contributed by atoms with Crippen LogP contribution in [0, 0.1) is 5.41 Å². The highest BCUT2D eigenvalue weighted by atomic mass is 16.2. The van der Waals surface area contributed by atoms with Crippen LogP contribution in [0.1, 0.15) is 13.8 Å². The fourth-order valence-corrected chi connectivity index (χ4v) is 1.31. The summed E-state index contributed by atoms with van der Waals surface area (Å²) in [6.07, 6.45) is 0. The standard InChI is InChI=1S/C12H18N2O/c1-12(2,9-13)11(15)14(3)10-7-5-4-6-8-10/h4-8H,9,13H2,1-3H3. The second-order valence-corrected chi connectivity index (χ2v) is 4.29. The van der Waals surface area contributed by atoms with Crippen molar-refractivity contribution >= 4 is 11.6 Å². The third-order valence-electron chi connectivity index (χ3n) is 2.54. The first-order valence-corrected chi connectivity index (χ1v) is 5.02. The summed E-state index contributed by atoms with van der Waals surface area (Å²) in [6, 6.07) is 9.56. The number of nitrogens with two attached hydrogens (primary N) is 1. The van der Waals surface area contributed by atoms with Crippen LogP contribution < -0.4 is 10.6 Å². The Labute approximate surface area is 90.9 Å². The minimum atomic E-state index is -0.509. The van der Waals surface area contributed by atoms with E-state index in [0.717, 1.165) is 5.69 Å². The van der Waals surface area contributed by atoms with Gasteiger partial charge in [0.1, 0.15) is 0 Å². The molecule has 0 aliphatic carbocycles. The van der Waals surface area contributed by atoms with Gasteiger partial charge in [-0.3, -0.25) is 4.79 Å². The van der Waals surface area contributed by atoms with Gasteiger partial charge in [0.2, 0.25) is 5.91 Å². The van der Waals surface area contributed by atoms with Gasteiger partial charge in [-0.15, -0.1) is 0 Å². The van der Waals surface area contributed by atoms with E-state index in [4.69, 9.17) is 5.73 Å². The summed E-state index contributed by atoms with van der Waals surface area (Å²) in [4.78, 5) is 13.7. The Morgan fingerprint density at radius 1 is 1.33 bits per heavy atom. The molecule has 0 atom stereocenters. The van der Waals surface area contributed by atoms with E-state index in [9.17, 15) is 4.79 Å². The van der Waals surface area contributed by atoms with E-state index < -0.39 is 5.41 Å². The fraction of sp³-hybridized carbons (Fsp3) is 0.417. The summed E-state index contributed by atoms with van der Waals surface area (Å²) >= 11 is 0. The summed E-state index contributed by atoms with van der Waals surface area (Å²) < 4.78 is 0. The first-order chi connectivity index (χ1) is 6.99. The maximum atomic E-state index is 12.0. The predicted molar refractivity (Wildman–Crippen MR) is 62.7 cm³/mol. The number of hydrogen-bond acceptors (Lipinski definition) is 2. The first kappa shape index (κ1) is 11.7. The van der Waals surface area contributed by atoms with Crippen LogP contribution in [0.15, 0.2) is 30.3 Å². The Kier molecular flexibility index (Phi) is 3.48. The number of amides is 1. The molecule has 0 saturated heterocycles. The van der Waals surface area contributed by atoms with Gasteiger partial charge < -0.3 is 10.6 Å². The van der Waals surface area contributed by atoms with Gasteiger partial charge in [0.05, 0.1) is 5.41 Å². The van der Waals surface area contributed by atoms with Crippen LogP contribution in [-0.4, -0.2) is 19.5 Å². The van der Waals surface area contributed by atoms with Crippen molar-refractivity contribution in [3.8, 4) is 0 Å². The minimum absolute atomic E-state index is 0.0381. The molecule has 2 N–H and O–H groups in total. The van der Waals surface area contributed by atoms with E-state index in [0.29, 0.717) is 6.54 Å². The van der Waals surface area contributed by atoms with Gasteiger partial charge in [0.25, 0.3) is 0 Å². The molecule has 0 bridgehead atoms. The largest absolute Gasteiger partial charge is 0.329 e. The average molecular weight is 206 g/mol. The lowest BCUT2D eigenvalue weighted by molar-refractivity contribution is -0.125. The Morgan fingerprint density at radius 2 is 1.87 bits per heavy atom. The quantitative estimate of drug-likeness (QED) is 0.817. The molecule has 0 heterocycles. The molecule has 1 aromatic rings. The van der Waals surface area contributed by atoms with E-state index in [1.807, 2.05) is 44.2 Å². The molecule has 0 saturated carbocycles. The number of carbonyl (C=O) groups excluding carboxylic acids is 1. The lowest BCUT2D eigenvalue weighted by atomic mass is 9.92. The first-order valence-electron chi connectivity index (χ1n) is 5.02. The molecule has 3 nitrogen and oxygen atoms in total. The highest BCUT2D eigenvalue weighted by molar-refractivity contribution is 5.96. The van der Waals surface area contributed by atoms with Gasteiger partial charge in [-0.2, -0.15) is 0 Å². The van der Waals surface area contributed by atoms with E-state index in [1.165, 1.54) is 0 Å². The zero-order valence-corrected chi connectivity index (χ0v) is 9.53. The zero-order valence-electron chi connectivity index (χ0n) is 9.53. The molecule has 1 aromatic carbocycles. The SMILES string of the molecule is CN(C(=O)C(C)(C)CN)c1ccccc1. The lowest BCUT2D eigenvalue weighted by Gasteiger charge is -2.28. The number of hydrogen-bond donors (Lipinski definition) is 1. The molecule has 15 heavy (non-hydrogen) atoms. The number of para-hydroxylation sites is 1. The topological polar surface area (TPSA) is 46.3 Å². The Balaban J connectivity index is 2.87. The maximum absolute atomic E-state index is 12.0. The summed E-state index contributed by atoms with van der Waals surface area (Å²) in [6.45, 7) is 4.06.